The SMILES string of the molecule is Fc1cc(CN2CCC(Nc3nnc(C(F)(F)F)s3)CC2)ccc1C(F)(F)F. The van der Waals surface area contributed by atoms with Gasteiger partial charge >= 0.3 is 12.4 Å². The van der Waals surface area contributed by atoms with Crippen LogP contribution in [-0.4, -0.2) is 34.2 Å². The first kappa shape index (κ1) is 20.8. The zero-order valence-corrected chi connectivity index (χ0v) is 15.1. The van der Waals surface area contributed by atoms with Crippen LogP contribution in [0.3, 0.4) is 0 Å². The van der Waals surface area contributed by atoms with E-state index in [0.29, 0.717) is 49.4 Å². The largest absolute Gasteiger partial charge is 0.445 e. The van der Waals surface area contributed by atoms with Crippen molar-refractivity contribution in [2.24, 2.45) is 0 Å². The number of nitrogens with one attached hydrogen (secondary N) is 1. The van der Waals surface area contributed by atoms with Gasteiger partial charge in [-0.2, -0.15) is 26.3 Å². The summed E-state index contributed by atoms with van der Waals surface area (Å²) in [4.78, 5) is 1.95. The van der Waals surface area contributed by atoms with Gasteiger partial charge in [0.25, 0.3) is 0 Å². The molecule has 1 aromatic carbocycles. The molecule has 0 bridgehead atoms. The summed E-state index contributed by atoms with van der Waals surface area (Å²) in [7, 11) is 0. The van der Waals surface area contributed by atoms with Gasteiger partial charge in [0.1, 0.15) is 5.82 Å². The second-order valence-corrected chi connectivity index (χ2v) is 7.39. The molecular weight excluding hydrogens is 413 g/mol. The second kappa shape index (κ2) is 7.82. The highest BCUT2D eigenvalue weighted by Gasteiger charge is 2.36. The summed E-state index contributed by atoms with van der Waals surface area (Å²) in [6.45, 7) is 1.41. The molecule has 0 atom stereocenters. The van der Waals surface area contributed by atoms with Gasteiger partial charge in [-0.05, 0) is 30.5 Å². The molecule has 0 radical (unpaired) electrons. The van der Waals surface area contributed by atoms with Crippen LogP contribution >= 0.6 is 11.3 Å². The van der Waals surface area contributed by atoms with E-state index < -0.39 is 28.7 Å². The van der Waals surface area contributed by atoms with E-state index >= 15 is 0 Å². The fourth-order valence-electron chi connectivity index (χ4n) is 2.95. The Morgan fingerprint density at radius 2 is 1.71 bits per heavy atom. The molecule has 0 spiro atoms. The van der Waals surface area contributed by atoms with Gasteiger partial charge in [-0.15, -0.1) is 10.2 Å². The molecular formula is C16H15F7N4S. The van der Waals surface area contributed by atoms with E-state index in [-0.39, 0.29) is 11.2 Å². The first-order valence-electron chi connectivity index (χ1n) is 8.27. The number of aromatic nitrogens is 2. The fourth-order valence-corrected chi connectivity index (χ4v) is 3.64. The van der Waals surface area contributed by atoms with E-state index in [1.54, 1.807) is 0 Å². The van der Waals surface area contributed by atoms with Crippen molar-refractivity contribution in [3.63, 3.8) is 0 Å². The smallest absolute Gasteiger partial charge is 0.357 e. The zero-order chi connectivity index (χ0) is 20.5. The fraction of sp³-hybridized carbons (Fsp3) is 0.500. The average Bonchev–Trinajstić information content (AvgIpc) is 3.04. The van der Waals surface area contributed by atoms with Crippen LogP contribution in [0.25, 0.3) is 0 Å². The van der Waals surface area contributed by atoms with Crippen LogP contribution in [0, 0.1) is 5.82 Å². The van der Waals surface area contributed by atoms with Crippen molar-refractivity contribution < 1.29 is 30.7 Å². The van der Waals surface area contributed by atoms with E-state index in [2.05, 4.69) is 15.5 Å². The molecule has 28 heavy (non-hydrogen) atoms. The molecule has 1 aliphatic rings. The second-order valence-electron chi connectivity index (χ2n) is 6.42. The quantitative estimate of drug-likeness (QED) is 0.711. The van der Waals surface area contributed by atoms with E-state index in [1.807, 2.05) is 4.90 Å². The molecule has 154 valence electrons. The topological polar surface area (TPSA) is 41.0 Å². The molecule has 2 aromatic rings. The number of rotatable bonds is 4. The molecule has 4 nitrogen and oxygen atoms in total. The highest BCUT2D eigenvalue weighted by molar-refractivity contribution is 7.15. The van der Waals surface area contributed by atoms with Gasteiger partial charge in [0.15, 0.2) is 0 Å². The number of hydrogen-bond donors (Lipinski definition) is 1. The highest BCUT2D eigenvalue weighted by atomic mass is 32.1. The molecule has 3 rings (SSSR count). The molecule has 12 heteroatoms. The Balaban J connectivity index is 1.52. The molecule has 1 fully saturated rings. The Morgan fingerprint density at radius 3 is 2.25 bits per heavy atom. The summed E-state index contributed by atoms with van der Waals surface area (Å²) in [5, 5.41) is 8.60. The summed E-state index contributed by atoms with van der Waals surface area (Å²) < 4.78 is 89.1. The summed E-state index contributed by atoms with van der Waals surface area (Å²) >= 11 is 0.436. The van der Waals surface area contributed by atoms with Crippen LogP contribution in [0.15, 0.2) is 18.2 Å². The summed E-state index contributed by atoms with van der Waals surface area (Å²) in [6, 6.07) is 2.77. The van der Waals surface area contributed by atoms with Crippen molar-refractivity contribution in [1.29, 1.82) is 0 Å². The number of likely N-dealkylation sites (tertiary alicyclic amines) is 1. The van der Waals surface area contributed by atoms with Crippen molar-refractivity contribution in [3.05, 3.63) is 40.2 Å². The van der Waals surface area contributed by atoms with E-state index in [4.69, 9.17) is 0 Å². The van der Waals surface area contributed by atoms with Gasteiger partial charge in [0.2, 0.25) is 10.1 Å². The number of anilines is 1. The molecule has 0 unspecified atom stereocenters. The van der Waals surface area contributed by atoms with Crippen molar-refractivity contribution in [3.8, 4) is 0 Å². The lowest BCUT2D eigenvalue weighted by Crippen LogP contribution is -2.38. The molecule has 1 N–H and O–H groups in total. The third-order valence-electron chi connectivity index (χ3n) is 4.33. The Kier molecular flexibility index (Phi) is 5.80. The number of piperidine rings is 1. The van der Waals surface area contributed by atoms with Crippen molar-refractivity contribution >= 4 is 16.5 Å². The molecule has 1 aliphatic heterocycles. The number of hydrogen-bond acceptors (Lipinski definition) is 5. The standard InChI is InChI=1S/C16H15F7N4S/c17-12-7-9(1-2-11(12)15(18,19)20)8-27-5-3-10(4-6-27)24-14-26-25-13(28-14)16(21,22)23/h1-2,7,10H,3-6,8H2,(H,24,26). The van der Waals surface area contributed by atoms with E-state index in [0.717, 1.165) is 12.1 Å². The van der Waals surface area contributed by atoms with Crippen LogP contribution in [0.1, 0.15) is 29.0 Å². The molecule has 1 aromatic heterocycles. The van der Waals surface area contributed by atoms with E-state index in [9.17, 15) is 30.7 Å². The van der Waals surface area contributed by atoms with Gasteiger partial charge in [-0.3, -0.25) is 4.90 Å². The van der Waals surface area contributed by atoms with Gasteiger partial charge in [0.05, 0.1) is 5.56 Å². The molecule has 1 saturated heterocycles. The van der Waals surface area contributed by atoms with Crippen LogP contribution in [0.4, 0.5) is 35.9 Å². The minimum Gasteiger partial charge on any atom is -0.357 e. The van der Waals surface area contributed by atoms with Crippen molar-refractivity contribution in [2.45, 2.75) is 37.8 Å². The van der Waals surface area contributed by atoms with E-state index in [1.165, 1.54) is 6.07 Å². The molecule has 0 aliphatic carbocycles. The van der Waals surface area contributed by atoms with Gasteiger partial charge in [-0.25, -0.2) is 4.39 Å². The third kappa shape index (κ3) is 5.10. The molecule has 0 amide bonds. The van der Waals surface area contributed by atoms with Crippen LogP contribution in [0.2, 0.25) is 0 Å². The Labute approximate surface area is 159 Å². The normalized spacial score (nSPS) is 17.1. The number of benzene rings is 1. The Bertz CT molecular complexity index is 810. The monoisotopic (exact) mass is 428 g/mol. The van der Waals surface area contributed by atoms with Crippen LogP contribution in [-0.2, 0) is 18.9 Å². The summed E-state index contributed by atoms with van der Waals surface area (Å²) in [6.07, 6.45) is -8.06. The van der Waals surface area contributed by atoms with Gasteiger partial charge < -0.3 is 5.32 Å². The van der Waals surface area contributed by atoms with Crippen LogP contribution < -0.4 is 5.32 Å². The number of alkyl halides is 6. The predicted molar refractivity (Wildman–Crippen MR) is 88.2 cm³/mol. The Hall–Kier alpha value is -1.95. The average molecular weight is 428 g/mol. The van der Waals surface area contributed by atoms with Crippen molar-refractivity contribution in [2.75, 3.05) is 18.4 Å². The first-order chi connectivity index (χ1) is 13.0. The van der Waals surface area contributed by atoms with Crippen molar-refractivity contribution in [1.82, 2.24) is 15.1 Å². The number of halogens is 7. The lowest BCUT2D eigenvalue weighted by Gasteiger charge is -2.32. The zero-order valence-electron chi connectivity index (χ0n) is 14.2. The first-order valence-corrected chi connectivity index (χ1v) is 9.09. The minimum atomic E-state index is -4.73. The number of nitrogens with zero attached hydrogens (tertiary/aromatic N) is 3. The maximum absolute atomic E-state index is 13.7. The molecule has 0 saturated carbocycles. The van der Waals surface area contributed by atoms with Gasteiger partial charge in [0, 0.05) is 25.7 Å². The lowest BCUT2D eigenvalue weighted by atomic mass is 10.0. The summed E-state index contributed by atoms with van der Waals surface area (Å²) in [5.74, 6) is -1.31. The maximum Gasteiger partial charge on any atom is 0.445 e. The lowest BCUT2D eigenvalue weighted by molar-refractivity contribution is -0.140. The maximum atomic E-state index is 13.7. The van der Waals surface area contributed by atoms with Crippen LogP contribution in [0.5, 0.6) is 0 Å². The summed E-state index contributed by atoms with van der Waals surface area (Å²) in [5.41, 5.74) is -0.870. The predicted octanol–water partition coefficient (Wildman–Crippen LogP) is 4.79. The highest BCUT2D eigenvalue weighted by Crippen LogP contribution is 2.34. The minimum absolute atomic E-state index is 0.0883. The third-order valence-corrected chi connectivity index (χ3v) is 5.23. The molecule has 2 heterocycles. The van der Waals surface area contributed by atoms with Gasteiger partial charge in [-0.1, -0.05) is 17.4 Å². The Morgan fingerprint density at radius 1 is 1.04 bits per heavy atom.